The quantitative estimate of drug-likeness (QED) is 0.289. The molecule has 0 saturated carbocycles. The van der Waals surface area contributed by atoms with Gasteiger partial charge in [-0.25, -0.2) is 4.79 Å². The molecule has 0 aliphatic carbocycles. The fourth-order valence-corrected chi connectivity index (χ4v) is 2.53. The summed E-state index contributed by atoms with van der Waals surface area (Å²) in [5.74, 6) is -2.62. The van der Waals surface area contributed by atoms with Crippen molar-refractivity contribution in [3.05, 3.63) is 35.9 Å². The van der Waals surface area contributed by atoms with Crippen molar-refractivity contribution < 1.29 is 28.7 Å². The van der Waals surface area contributed by atoms with Crippen LogP contribution in [-0.4, -0.2) is 54.9 Å². The molecule has 11 nitrogen and oxygen atoms in total. The molecule has 176 valence electrons. The van der Waals surface area contributed by atoms with Crippen molar-refractivity contribution in [2.24, 2.45) is 11.7 Å². The molecule has 1 aromatic rings. The molecule has 3 atom stereocenters. The zero-order valence-corrected chi connectivity index (χ0v) is 18.5. The lowest BCUT2D eigenvalue weighted by Crippen LogP contribution is -2.55. The Labute approximate surface area is 186 Å². The molecule has 0 fully saturated rings. The molecule has 11 heteroatoms. The van der Waals surface area contributed by atoms with Crippen LogP contribution >= 0.6 is 0 Å². The lowest BCUT2D eigenvalue weighted by Gasteiger charge is -2.23. The minimum absolute atomic E-state index is 0.0598. The van der Waals surface area contributed by atoms with Gasteiger partial charge in [-0.3, -0.25) is 19.2 Å². The zero-order chi connectivity index (χ0) is 24.1. The third-order valence-corrected chi connectivity index (χ3v) is 4.64. The number of primary amides is 1. The monoisotopic (exact) mass is 449 g/mol. The number of amides is 5. The molecule has 0 heterocycles. The molecule has 0 aliphatic rings. The number of hydrogen-bond donors (Lipinski definition) is 5. The maximum atomic E-state index is 12.2. The fourth-order valence-electron chi connectivity index (χ4n) is 2.53. The van der Waals surface area contributed by atoms with Gasteiger partial charge in [0.15, 0.2) is 0 Å². The van der Waals surface area contributed by atoms with Gasteiger partial charge in [0, 0.05) is 0 Å². The summed E-state index contributed by atoms with van der Waals surface area (Å²) in [5, 5.41) is 9.51. The average Bonchev–Trinajstić information content (AvgIpc) is 2.78. The maximum Gasteiger partial charge on any atom is 0.407 e. The van der Waals surface area contributed by atoms with E-state index in [9.17, 15) is 24.0 Å². The number of alkyl carbamates (subject to hydrolysis) is 1. The summed E-state index contributed by atoms with van der Waals surface area (Å²) in [6.45, 7) is 4.35. The molecule has 1 rings (SSSR count). The van der Waals surface area contributed by atoms with Gasteiger partial charge in [-0.15, -0.1) is 0 Å². The van der Waals surface area contributed by atoms with Crippen molar-refractivity contribution in [3.8, 4) is 0 Å². The zero-order valence-electron chi connectivity index (χ0n) is 18.5. The summed E-state index contributed by atoms with van der Waals surface area (Å²) in [4.78, 5) is 59.1. The molecule has 0 bridgehead atoms. The van der Waals surface area contributed by atoms with Gasteiger partial charge in [-0.05, 0) is 18.4 Å². The van der Waals surface area contributed by atoms with E-state index in [4.69, 9.17) is 10.5 Å². The number of carbonyl (C=O) groups is 5. The van der Waals surface area contributed by atoms with E-state index in [2.05, 4.69) is 21.3 Å². The highest BCUT2D eigenvalue weighted by molar-refractivity contribution is 5.93. The molecule has 1 aromatic carbocycles. The summed E-state index contributed by atoms with van der Waals surface area (Å²) in [7, 11) is 0. The number of ether oxygens (including phenoxy) is 1. The largest absolute Gasteiger partial charge is 0.445 e. The predicted octanol–water partition coefficient (Wildman–Crippen LogP) is -0.450. The van der Waals surface area contributed by atoms with Crippen molar-refractivity contribution in [2.75, 3.05) is 13.1 Å². The van der Waals surface area contributed by atoms with Crippen LogP contribution in [0.4, 0.5) is 4.79 Å². The van der Waals surface area contributed by atoms with Crippen molar-refractivity contribution in [3.63, 3.8) is 0 Å². The summed E-state index contributed by atoms with van der Waals surface area (Å²) in [6, 6.07) is 7.23. The molecule has 0 saturated heterocycles. The van der Waals surface area contributed by atoms with Gasteiger partial charge in [-0.2, -0.15) is 0 Å². The van der Waals surface area contributed by atoms with E-state index in [-0.39, 0.29) is 19.1 Å². The first-order valence-electron chi connectivity index (χ1n) is 10.2. The second kappa shape index (κ2) is 13.6. The average molecular weight is 450 g/mol. The van der Waals surface area contributed by atoms with Crippen molar-refractivity contribution in [1.82, 2.24) is 21.3 Å². The standard InChI is InChI=1S/C21H31N5O6/c1-4-13(2)18(19(22)29)26-20(30)14(3)25-17(28)11-23-16(27)10-24-21(31)32-12-15-8-6-5-7-9-15/h5-9,13-14,18H,4,10-12H2,1-3H3,(H2,22,29)(H,23,27)(H,24,31)(H,25,28)(H,26,30)/t13-,14-,18-/m1/s1. The lowest BCUT2D eigenvalue weighted by atomic mass is 9.98. The van der Waals surface area contributed by atoms with Gasteiger partial charge in [0.05, 0.1) is 6.54 Å². The van der Waals surface area contributed by atoms with Crippen LogP contribution in [0.25, 0.3) is 0 Å². The minimum atomic E-state index is -0.948. The third kappa shape index (κ3) is 9.92. The lowest BCUT2D eigenvalue weighted by molar-refractivity contribution is -0.132. The fraction of sp³-hybridized carbons (Fsp3) is 0.476. The predicted molar refractivity (Wildman–Crippen MR) is 116 cm³/mol. The molecule has 0 radical (unpaired) electrons. The first-order chi connectivity index (χ1) is 15.1. The number of carbonyl (C=O) groups excluding carboxylic acids is 5. The highest BCUT2D eigenvalue weighted by atomic mass is 16.5. The Kier molecular flexibility index (Phi) is 11.2. The van der Waals surface area contributed by atoms with Gasteiger partial charge in [-0.1, -0.05) is 50.6 Å². The van der Waals surface area contributed by atoms with Crippen LogP contribution in [0, 0.1) is 5.92 Å². The van der Waals surface area contributed by atoms with E-state index in [1.165, 1.54) is 6.92 Å². The third-order valence-electron chi connectivity index (χ3n) is 4.64. The summed E-state index contributed by atoms with van der Waals surface area (Å²) >= 11 is 0. The Morgan fingerprint density at radius 3 is 2.16 bits per heavy atom. The normalized spacial score (nSPS) is 13.1. The maximum absolute atomic E-state index is 12.2. The first kappa shape index (κ1) is 26.4. The molecule has 32 heavy (non-hydrogen) atoms. The summed E-state index contributed by atoms with van der Waals surface area (Å²) in [6.07, 6.45) is -0.141. The van der Waals surface area contributed by atoms with E-state index in [1.807, 2.05) is 13.0 Å². The van der Waals surface area contributed by atoms with Crippen LogP contribution in [0.5, 0.6) is 0 Å². The minimum Gasteiger partial charge on any atom is -0.445 e. The molecule has 0 aromatic heterocycles. The highest BCUT2D eigenvalue weighted by Gasteiger charge is 2.26. The second-order valence-electron chi connectivity index (χ2n) is 7.26. The van der Waals surface area contributed by atoms with Gasteiger partial charge in [0.2, 0.25) is 23.6 Å². The van der Waals surface area contributed by atoms with E-state index in [0.29, 0.717) is 6.42 Å². The SMILES string of the molecule is CC[C@@H](C)[C@@H](NC(=O)[C@@H](C)NC(=O)CNC(=O)CNC(=O)OCc1ccccc1)C(N)=O. The number of hydrogen-bond acceptors (Lipinski definition) is 6. The Morgan fingerprint density at radius 2 is 1.56 bits per heavy atom. The Hall–Kier alpha value is -3.63. The highest BCUT2D eigenvalue weighted by Crippen LogP contribution is 2.07. The van der Waals surface area contributed by atoms with Crippen LogP contribution < -0.4 is 27.0 Å². The van der Waals surface area contributed by atoms with Crippen LogP contribution in [-0.2, 0) is 30.5 Å². The van der Waals surface area contributed by atoms with Gasteiger partial charge >= 0.3 is 6.09 Å². The number of nitrogens with two attached hydrogens (primary N) is 1. The first-order valence-corrected chi connectivity index (χ1v) is 10.2. The number of rotatable bonds is 12. The molecular weight excluding hydrogens is 418 g/mol. The summed E-state index contributed by atoms with van der Waals surface area (Å²) < 4.78 is 4.97. The van der Waals surface area contributed by atoms with Crippen molar-refractivity contribution >= 4 is 29.7 Å². The Morgan fingerprint density at radius 1 is 0.938 bits per heavy atom. The van der Waals surface area contributed by atoms with E-state index >= 15 is 0 Å². The van der Waals surface area contributed by atoms with Crippen LogP contribution in [0.2, 0.25) is 0 Å². The van der Waals surface area contributed by atoms with E-state index < -0.39 is 48.4 Å². The van der Waals surface area contributed by atoms with Crippen LogP contribution in [0.1, 0.15) is 32.8 Å². The Balaban J connectivity index is 2.30. The molecule has 0 spiro atoms. The van der Waals surface area contributed by atoms with Gasteiger partial charge in [0.25, 0.3) is 0 Å². The van der Waals surface area contributed by atoms with Gasteiger partial charge < -0.3 is 31.7 Å². The molecule has 6 N–H and O–H groups in total. The number of nitrogens with one attached hydrogen (secondary N) is 4. The molecule has 5 amide bonds. The Bertz CT molecular complexity index is 801. The molecular formula is C21H31N5O6. The molecule has 0 unspecified atom stereocenters. The number of benzene rings is 1. The van der Waals surface area contributed by atoms with Crippen LogP contribution in [0.15, 0.2) is 30.3 Å². The molecule has 0 aliphatic heterocycles. The topological polar surface area (TPSA) is 169 Å². The smallest absolute Gasteiger partial charge is 0.407 e. The van der Waals surface area contributed by atoms with Crippen molar-refractivity contribution in [1.29, 1.82) is 0 Å². The van der Waals surface area contributed by atoms with Gasteiger partial charge in [0.1, 0.15) is 25.2 Å². The second-order valence-corrected chi connectivity index (χ2v) is 7.26. The summed E-state index contributed by atoms with van der Waals surface area (Å²) in [5.41, 5.74) is 6.11. The van der Waals surface area contributed by atoms with E-state index in [0.717, 1.165) is 5.56 Å². The van der Waals surface area contributed by atoms with E-state index in [1.54, 1.807) is 31.2 Å². The van der Waals surface area contributed by atoms with Crippen LogP contribution in [0.3, 0.4) is 0 Å². The van der Waals surface area contributed by atoms with Crippen molar-refractivity contribution in [2.45, 2.75) is 45.9 Å².